The maximum Gasteiger partial charge on any atom is 0.194 e. The van der Waals surface area contributed by atoms with Gasteiger partial charge in [-0.3, -0.25) is 4.99 Å². The van der Waals surface area contributed by atoms with Crippen molar-refractivity contribution < 1.29 is 0 Å². The number of hydrogen-bond acceptors (Lipinski definition) is 2. The lowest BCUT2D eigenvalue weighted by Gasteiger charge is -2.30. The predicted octanol–water partition coefficient (Wildman–Crippen LogP) is 3.92. The van der Waals surface area contributed by atoms with E-state index in [1.165, 1.54) is 44.6 Å². The molecule has 26 heavy (non-hydrogen) atoms. The summed E-state index contributed by atoms with van der Waals surface area (Å²) >= 11 is 3.55. The molecule has 150 valence electrons. The van der Waals surface area contributed by atoms with Gasteiger partial charge in [-0.25, -0.2) is 0 Å². The van der Waals surface area contributed by atoms with Crippen LogP contribution >= 0.6 is 39.9 Å². The van der Waals surface area contributed by atoms with Crippen molar-refractivity contribution in [3.8, 4) is 0 Å². The highest BCUT2D eigenvalue weighted by Gasteiger charge is 2.17. The molecule has 5 nitrogen and oxygen atoms in total. The smallest absolute Gasteiger partial charge is 0.194 e. The number of nitrogens with zero attached hydrogens (tertiary/aromatic N) is 4. The molecule has 1 aromatic heterocycles. The molecule has 7 heteroatoms. The number of aliphatic imine (C=N–C) groups is 1. The van der Waals surface area contributed by atoms with Gasteiger partial charge in [-0.05, 0) is 73.7 Å². The van der Waals surface area contributed by atoms with Gasteiger partial charge < -0.3 is 19.7 Å². The van der Waals surface area contributed by atoms with Crippen LogP contribution in [0.5, 0.6) is 0 Å². The Morgan fingerprint density at radius 1 is 1.35 bits per heavy atom. The average Bonchev–Trinajstić information content (AvgIpc) is 2.91. The number of halogens is 2. The minimum atomic E-state index is 0. The highest BCUT2D eigenvalue weighted by molar-refractivity contribution is 14.0. The second-order valence-electron chi connectivity index (χ2n) is 7.02. The number of piperidine rings is 1. The monoisotopic (exact) mass is 539 g/mol. The summed E-state index contributed by atoms with van der Waals surface area (Å²) in [6.07, 6.45) is 5.95. The number of hydrogen-bond donors (Lipinski definition) is 1. The van der Waals surface area contributed by atoms with Gasteiger partial charge in [0.25, 0.3) is 0 Å². The number of rotatable bonds is 7. The Morgan fingerprint density at radius 3 is 2.58 bits per heavy atom. The minimum Gasteiger partial charge on any atom is -0.357 e. The van der Waals surface area contributed by atoms with Gasteiger partial charge in [-0.2, -0.15) is 0 Å². The molecule has 0 saturated carbocycles. The Labute approximate surface area is 184 Å². The predicted molar refractivity (Wildman–Crippen MR) is 125 cm³/mol. The second kappa shape index (κ2) is 12.2. The largest absolute Gasteiger partial charge is 0.357 e. The summed E-state index contributed by atoms with van der Waals surface area (Å²) in [6.45, 7) is 10.8. The average molecular weight is 540 g/mol. The van der Waals surface area contributed by atoms with Crippen molar-refractivity contribution in [1.82, 2.24) is 19.7 Å². The zero-order valence-electron chi connectivity index (χ0n) is 16.7. The first-order chi connectivity index (χ1) is 12.0. The van der Waals surface area contributed by atoms with Crippen LogP contribution in [-0.4, -0.2) is 60.1 Å². The van der Waals surface area contributed by atoms with E-state index < -0.39 is 0 Å². The van der Waals surface area contributed by atoms with Crippen LogP contribution in [0.3, 0.4) is 0 Å². The lowest BCUT2D eigenvalue weighted by molar-refractivity contribution is 0.188. The Hall–Kier alpha value is -0.280. The first-order valence-corrected chi connectivity index (χ1v) is 10.3. The zero-order valence-corrected chi connectivity index (χ0v) is 20.6. The summed E-state index contributed by atoms with van der Waals surface area (Å²) in [5.41, 5.74) is 1.27. The fourth-order valence-electron chi connectivity index (χ4n) is 3.46. The summed E-state index contributed by atoms with van der Waals surface area (Å²) < 4.78 is 3.28. The summed E-state index contributed by atoms with van der Waals surface area (Å²) in [7, 11) is 4.20. The topological polar surface area (TPSA) is 35.8 Å². The number of likely N-dealkylation sites (tertiary alicyclic amines) is 1. The Balaban J connectivity index is 0.00000338. The molecule has 0 bridgehead atoms. The summed E-state index contributed by atoms with van der Waals surface area (Å²) in [6, 6.07) is 2.17. The molecule has 0 amide bonds. The molecule has 2 rings (SSSR count). The summed E-state index contributed by atoms with van der Waals surface area (Å²) in [4.78, 5) is 9.64. The molecule has 0 spiro atoms. The van der Waals surface area contributed by atoms with Crippen LogP contribution in [-0.2, 0) is 13.6 Å². The molecule has 1 aliphatic rings. The molecule has 2 heterocycles. The van der Waals surface area contributed by atoms with Crippen LogP contribution in [0.25, 0.3) is 0 Å². The van der Waals surface area contributed by atoms with Gasteiger partial charge in [0.2, 0.25) is 0 Å². The standard InChI is InChI=1S/C19H34BrN5.HI/c1-5-21-19(24(4)15-18-13-17(20)14-23(18)3)22-10-7-16-8-11-25(6-2)12-9-16;/h13-14,16H,5-12,15H2,1-4H3,(H,21,22);1H. The van der Waals surface area contributed by atoms with E-state index in [4.69, 9.17) is 4.99 Å². The lowest BCUT2D eigenvalue weighted by Crippen LogP contribution is -2.39. The molecule has 0 aliphatic carbocycles. The SMILES string of the molecule is CCNC(=NCCC1CCN(CC)CC1)N(C)Cc1cc(Br)cn1C.I. The van der Waals surface area contributed by atoms with Crippen LogP contribution in [0.4, 0.5) is 0 Å². The third-order valence-electron chi connectivity index (χ3n) is 5.12. The van der Waals surface area contributed by atoms with Gasteiger partial charge in [0.1, 0.15) is 0 Å². The molecule has 1 aromatic rings. The van der Waals surface area contributed by atoms with Crippen molar-refractivity contribution in [1.29, 1.82) is 0 Å². The molecular formula is C19H35BrIN5. The maximum absolute atomic E-state index is 4.88. The minimum absolute atomic E-state index is 0. The van der Waals surface area contributed by atoms with E-state index in [9.17, 15) is 0 Å². The van der Waals surface area contributed by atoms with Gasteiger partial charge in [-0.15, -0.1) is 24.0 Å². The van der Waals surface area contributed by atoms with Gasteiger partial charge in [-0.1, -0.05) is 6.92 Å². The molecule has 0 radical (unpaired) electrons. The number of aryl methyl sites for hydroxylation is 1. The van der Waals surface area contributed by atoms with Crippen LogP contribution < -0.4 is 5.32 Å². The fraction of sp³-hybridized carbons (Fsp3) is 0.737. The zero-order chi connectivity index (χ0) is 18.2. The van der Waals surface area contributed by atoms with Crippen molar-refractivity contribution in [2.45, 2.75) is 39.7 Å². The van der Waals surface area contributed by atoms with Gasteiger partial charge in [0.05, 0.1) is 6.54 Å². The van der Waals surface area contributed by atoms with Crippen molar-refractivity contribution in [2.75, 3.05) is 39.8 Å². The van der Waals surface area contributed by atoms with E-state index in [0.717, 1.165) is 36.0 Å². The van der Waals surface area contributed by atoms with E-state index in [2.05, 4.69) is 75.8 Å². The molecule has 0 aromatic carbocycles. The van der Waals surface area contributed by atoms with Crippen LogP contribution in [0, 0.1) is 5.92 Å². The van der Waals surface area contributed by atoms with Crippen molar-refractivity contribution in [3.63, 3.8) is 0 Å². The Kier molecular flexibility index (Phi) is 11.2. The van der Waals surface area contributed by atoms with Crippen LogP contribution in [0.2, 0.25) is 0 Å². The molecule has 1 N–H and O–H groups in total. The third-order valence-corrected chi connectivity index (χ3v) is 5.56. The Morgan fingerprint density at radius 2 is 2.04 bits per heavy atom. The maximum atomic E-state index is 4.88. The molecular weight excluding hydrogens is 505 g/mol. The quantitative estimate of drug-likeness (QED) is 0.324. The van der Waals surface area contributed by atoms with E-state index in [1.807, 2.05) is 0 Å². The second-order valence-corrected chi connectivity index (χ2v) is 7.93. The molecule has 0 unspecified atom stereocenters. The van der Waals surface area contributed by atoms with Crippen molar-refractivity contribution in [3.05, 3.63) is 22.4 Å². The van der Waals surface area contributed by atoms with Gasteiger partial charge in [0.15, 0.2) is 5.96 Å². The fourth-order valence-corrected chi connectivity index (χ4v) is 4.03. The third kappa shape index (κ3) is 7.38. The normalized spacial score (nSPS) is 16.4. The lowest BCUT2D eigenvalue weighted by atomic mass is 9.94. The van der Waals surface area contributed by atoms with E-state index >= 15 is 0 Å². The van der Waals surface area contributed by atoms with Gasteiger partial charge >= 0.3 is 0 Å². The molecule has 1 saturated heterocycles. The van der Waals surface area contributed by atoms with E-state index in [1.54, 1.807) is 0 Å². The number of guanidine groups is 1. The van der Waals surface area contributed by atoms with Crippen molar-refractivity contribution >= 4 is 45.9 Å². The first kappa shape index (κ1) is 23.8. The molecule has 1 fully saturated rings. The molecule has 0 atom stereocenters. The highest BCUT2D eigenvalue weighted by atomic mass is 127. The Bertz CT molecular complexity index is 552. The molecule has 1 aliphatic heterocycles. The van der Waals surface area contributed by atoms with Gasteiger partial charge in [0, 0.05) is 43.5 Å². The number of nitrogens with one attached hydrogen (secondary N) is 1. The summed E-state index contributed by atoms with van der Waals surface area (Å²) in [5, 5.41) is 3.43. The first-order valence-electron chi connectivity index (χ1n) is 9.56. The van der Waals surface area contributed by atoms with Crippen molar-refractivity contribution in [2.24, 2.45) is 18.0 Å². The van der Waals surface area contributed by atoms with Crippen LogP contribution in [0.1, 0.15) is 38.8 Å². The number of aromatic nitrogens is 1. The van der Waals surface area contributed by atoms with Crippen LogP contribution in [0.15, 0.2) is 21.7 Å². The van der Waals surface area contributed by atoms with E-state index in [-0.39, 0.29) is 24.0 Å². The van der Waals surface area contributed by atoms with E-state index in [0.29, 0.717) is 0 Å². The summed E-state index contributed by atoms with van der Waals surface area (Å²) in [5.74, 6) is 1.84. The highest BCUT2D eigenvalue weighted by Crippen LogP contribution is 2.20.